The lowest BCUT2D eigenvalue weighted by atomic mass is 10.0. The van der Waals surface area contributed by atoms with Crippen molar-refractivity contribution in [1.29, 1.82) is 0 Å². The molecule has 3 rings (SSSR count). The summed E-state index contributed by atoms with van der Waals surface area (Å²) in [6, 6.07) is 12.0. The molecule has 160 valence electrons. The van der Waals surface area contributed by atoms with Crippen molar-refractivity contribution in [3.05, 3.63) is 59.2 Å². The van der Waals surface area contributed by atoms with E-state index in [0.29, 0.717) is 38.2 Å². The van der Waals surface area contributed by atoms with Crippen molar-refractivity contribution in [2.24, 2.45) is 0 Å². The number of amides is 1. The quantitative estimate of drug-likeness (QED) is 0.503. The zero-order valence-electron chi connectivity index (χ0n) is 17.1. The maximum absolute atomic E-state index is 13.3. The van der Waals surface area contributed by atoms with Gasteiger partial charge in [0.15, 0.2) is 6.29 Å². The number of carbonyl (C=O) groups excluding carboxylic acids is 2. The van der Waals surface area contributed by atoms with Gasteiger partial charge in [-0.05, 0) is 36.6 Å². The number of methoxy groups -OCH3 is 1. The fourth-order valence-corrected chi connectivity index (χ4v) is 3.53. The van der Waals surface area contributed by atoms with Gasteiger partial charge in [0.1, 0.15) is 18.1 Å². The first kappa shape index (κ1) is 21.8. The van der Waals surface area contributed by atoms with Gasteiger partial charge in [-0.2, -0.15) is 0 Å². The topological polar surface area (TPSA) is 85.3 Å². The van der Waals surface area contributed by atoms with Crippen LogP contribution in [0.15, 0.2) is 42.5 Å². The van der Waals surface area contributed by atoms with E-state index >= 15 is 0 Å². The Bertz CT molecular complexity index is 869. The number of phenolic OH excluding ortho intramolecular Hbond substituents is 1. The number of aromatic hydroxyl groups is 1. The Hall–Kier alpha value is -2.90. The molecule has 0 aliphatic carbocycles. The first-order valence-corrected chi connectivity index (χ1v) is 10.0. The lowest BCUT2D eigenvalue weighted by Crippen LogP contribution is -2.51. The highest BCUT2D eigenvalue weighted by molar-refractivity contribution is 5.96. The first-order chi connectivity index (χ1) is 14.7. The molecular weight excluding hydrogens is 386 g/mol. The predicted octanol–water partition coefficient (Wildman–Crippen LogP) is 2.70. The Morgan fingerprint density at radius 1 is 1.27 bits per heavy atom. The van der Waals surface area contributed by atoms with E-state index in [2.05, 4.69) is 0 Å². The smallest absolute Gasteiger partial charge is 0.254 e. The van der Waals surface area contributed by atoms with Gasteiger partial charge >= 0.3 is 0 Å². The third-order valence-electron chi connectivity index (χ3n) is 5.12. The molecule has 7 heteroatoms. The monoisotopic (exact) mass is 413 g/mol. The van der Waals surface area contributed by atoms with Crippen molar-refractivity contribution in [2.75, 3.05) is 40.1 Å². The highest BCUT2D eigenvalue weighted by atomic mass is 16.5. The summed E-state index contributed by atoms with van der Waals surface area (Å²) in [5, 5.41) is 9.83. The average Bonchev–Trinajstić information content (AvgIpc) is 2.78. The number of hydrogen-bond donors (Lipinski definition) is 1. The molecular formula is C23H27NO6. The molecule has 1 heterocycles. The Morgan fingerprint density at radius 2 is 2.10 bits per heavy atom. The molecule has 7 nitrogen and oxygen atoms in total. The van der Waals surface area contributed by atoms with Gasteiger partial charge in [0.25, 0.3) is 5.91 Å². The molecule has 1 N–H and O–H groups in total. The molecule has 0 radical (unpaired) electrons. The maximum Gasteiger partial charge on any atom is 0.254 e. The zero-order chi connectivity index (χ0) is 21.3. The molecule has 0 aromatic heterocycles. The van der Waals surface area contributed by atoms with Crippen LogP contribution in [0.4, 0.5) is 0 Å². The van der Waals surface area contributed by atoms with Crippen molar-refractivity contribution in [1.82, 2.24) is 4.90 Å². The molecule has 1 aliphatic rings. The third kappa shape index (κ3) is 5.17. The standard InChI is InChI=1S/C23H27NO6/c1-28-12-5-7-17-6-2-3-8-19(17)23(27)24-11-13-29-15-18(24)16-30-22-10-4-9-21(26)20(22)14-25/h2-4,6,8-10,14,18,26H,5,7,11-13,15-16H2,1H3/t18-/m0/s1. The van der Waals surface area contributed by atoms with Gasteiger partial charge in [-0.15, -0.1) is 0 Å². The van der Waals surface area contributed by atoms with Gasteiger partial charge in [-0.1, -0.05) is 24.3 Å². The second-order valence-corrected chi connectivity index (χ2v) is 7.10. The molecule has 0 spiro atoms. The van der Waals surface area contributed by atoms with Crippen LogP contribution >= 0.6 is 0 Å². The lowest BCUT2D eigenvalue weighted by molar-refractivity contribution is -0.0151. The van der Waals surface area contributed by atoms with E-state index < -0.39 is 0 Å². The first-order valence-electron chi connectivity index (χ1n) is 10.0. The van der Waals surface area contributed by atoms with Crippen LogP contribution in [0.5, 0.6) is 11.5 Å². The minimum atomic E-state index is -0.305. The molecule has 0 saturated carbocycles. The number of morpholine rings is 1. The van der Waals surface area contributed by atoms with E-state index in [1.54, 1.807) is 24.1 Å². The van der Waals surface area contributed by atoms with E-state index in [9.17, 15) is 14.7 Å². The number of carbonyl (C=O) groups is 2. The van der Waals surface area contributed by atoms with Crippen LogP contribution in [-0.2, 0) is 15.9 Å². The minimum Gasteiger partial charge on any atom is -0.507 e. The fraction of sp³-hybridized carbons (Fsp3) is 0.391. The van der Waals surface area contributed by atoms with Crippen molar-refractivity contribution in [3.63, 3.8) is 0 Å². The van der Waals surface area contributed by atoms with Crippen molar-refractivity contribution >= 4 is 12.2 Å². The number of hydrogen-bond acceptors (Lipinski definition) is 6. The van der Waals surface area contributed by atoms with Gasteiger partial charge in [-0.25, -0.2) is 0 Å². The summed E-state index contributed by atoms with van der Waals surface area (Å²) in [6.07, 6.45) is 2.15. The van der Waals surface area contributed by atoms with Crippen LogP contribution in [0.25, 0.3) is 0 Å². The maximum atomic E-state index is 13.3. The summed E-state index contributed by atoms with van der Waals surface area (Å²) < 4.78 is 16.5. The fourth-order valence-electron chi connectivity index (χ4n) is 3.53. The van der Waals surface area contributed by atoms with Gasteiger partial charge in [0.2, 0.25) is 0 Å². The van der Waals surface area contributed by atoms with Crippen LogP contribution in [0.2, 0.25) is 0 Å². The zero-order valence-corrected chi connectivity index (χ0v) is 17.1. The van der Waals surface area contributed by atoms with Crippen LogP contribution < -0.4 is 4.74 Å². The number of nitrogens with zero attached hydrogens (tertiary/aromatic N) is 1. The number of benzene rings is 2. The van der Waals surface area contributed by atoms with Gasteiger partial charge < -0.3 is 24.2 Å². The number of aryl methyl sites for hydroxylation is 1. The van der Waals surface area contributed by atoms with Crippen LogP contribution in [0.1, 0.15) is 32.7 Å². The molecule has 1 aliphatic heterocycles. The highest BCUT2D eigenvalue weighted by Gasteiger charge is 2.30. The van der Waals surface area contributed by atoms with Crippen molar-refractivity contribution < 1.29 is 28.9 Å². The number of aldehydes is 1. The lowest BCUT2D eigenvalue weighted by Gasteiger charge is -2.36. The largest absolute Gasteiger partial charge is 0.507 e. The molecule has 1 fully saturated rings. The summed E-state index contributed by atoms with van der Waals surface area (Å²) in [5.41, 5.74) is 1.75. The molecule has 0 bridgehead atoms. The minimum absolute atomic E-state index is 0.0635. The average molecular weight is 413 g/mol. The van der Waals surface area contributed by atoms with Crippen LogP contribution in [-0.4, -0.2) is 68.3 Å². The van der Waals surface area contributed by atoms with Crippen LogP contribution in [0.3, 0.4) is 0 Å². The molecule has 0 unspecified atom stereocenters. The van der Waals surface area contributed by atoms with E-state index in [1.807, 2.05) is 24.3 Å². The van der Waals surface area contributed by atoms with E-state index in [0.717, 1.165) is 18.4 Å². The Kier molecular flexibility index (Phi) is 7.82. The normalized spacial score (nSPS) is 16.3. The second kappa shape index (κ2) is 10.8. The van der Waals surface area contributed by atoms with Gasteiger partial charge in [0.05, 0.1) is 24.8 Å². The Labute approximate surface area is 176 Å². The van der Waals surface area contributed by atoms with E-state index in [4.69, 9.17) is 14.2 Å². The SMILES string of the molecule is COCCCc1ccccc1C(=O)N1CCOC[C@H]1COc1cccc(O)c1C=O. The highest BCUT2D eigenvalue weighted by Crippen LogP contribution is 2.26. The van der Waals surface area contributed by atoms with E-state index in [1.165, 1.54) is 6.07 Å². The van der Waals surface area contributed by atoms with E-state index in [-0.39, 0.29) is 35.6 Å². The molecule has 1 amide bonds. The summed E-state index contributed by atoms with van der Waals surface area (Å²) in [7, 11) is 1.66. The molecule has 30 heavy (non-hydrogen) atoms. The predicted molar refractivity (Wildman–Crippen MR) is 111 cm³/mol. The molecule has 1 saturated heterocycles. The summed E-state index contributed by atoms with van der Waals surface area (Å²) >= 11 is 0. The molecule has 1 atom stereocenters. The number of ether oxygens (including phenoxy) is 3. The number of rotatable bonds is 9. The molecule has 2 aromatic rings. The second-order valence-electron chi connectivity index (χ2n) is 7.10. The Balaban J connectivity index is 1.74. The summed E-state index contributed by atoms with van der Waals surface area (Å²) in [5.74, 6) is 0.0784. The Morgan fingerprint density at radius 3 is 2.90 bits per heavy atom. The summed E-state index contributed by atoms with van der Waals surface area (Å²) in [6.45, 7) is 2.05. The van der Waals surface area contributed by atoms with Crippen molar-refractivity contribution in [3.8, 4) is 11.5 Å². The van der Waals surface area contributed by atoms with Crippen LogP contribution in [0, 0.1) is 0 Å². The molecule has 2 aromatic carbocycles. The van der Waals surface area contributed by atoms with Crippen molar-refractivity contribution in [2.45, 2.75) is 18.9 Å². The summed E-state index contributed by atoms with van der Waals surface area (Å²) in [4.78, 5) is 26.4. The van der Waals surface area contributed by atoms with Gasteiger partial charge in [-0.3, -0.25) is 9.59 Å². The van der Waals surface area contributed by atoms with Gasteiger partial charge in [0, 0.05) is 25.8 Å². The number of phenols is 1. The third-order valence-corrected chi connectivity index (χ3v) is 5.12.